The van der Waals surface area contributed by atoms with Crippen LogP contribution in [0.4, 0.5) is 0 Å². The molecular weight excluding hydrogens is 312 g/mol. The Morgan fingerprint density at radius 1 is 1.17 bits per heavy atom. The topological polar surface area (TPSA) is 96.2 Å². The zero-order valence-corrected chi connectivity index (χ0v) is 13.0. The van der Waals surface area contributed by atoms with Gasteiger partial charge in [0.05, 0.1) is 7.11 Å². The first-order chi connectivity index (χ1) is 11.5. The monoisotopic (exact) mass is 330 g/mol. The Labute approximate surface area is 139 Å². The summed E-state index contributed by atoms with van der Waals surface area (Å²) in [7, 11) is 1.43. The van der Waals surface area contributed by atoms with Crippen LogP contribution in [0.3, 0.4) is 0 Å². The fraction of sp³-hybridized carbons (Fsp3) is 0.167. The third-order valence-corrected chi connectivity index (χ3v) is 3.28. The highest BCUT2D eigenvalue weighted by Gasteiger charge is 2.10. The van der Waals surface area contributed by atoms with Gasteiger partial charge in [-0.1, -0.05) is 18.2 Å². The van der Waals surface area contributed by atoms with Gasteiger partial charge in [-0.15, -0.1) is 0 Å². The smallest absolute Gasteiger partial charge is 0.330 e. The van der Waals surface area contributed by atoms with Gasteiger partial charge >= 0.3 is 5.97 Å². The molecule has 1 unspecified atom stereocenters. The van der Waals surface area contributed by atoms with Crippen LogP contribution in [-0.2, 0) is 9.53 Å². The second-order valence-electron chi connectivity index (χ2n) is 5.00. The number of benzene rings is 2. The number of hydrogen-bond donors (Lipinski definition) is 3. The molecule has 0 saturated heterocycles. The van der Waals surface area contributed by atoms with E-state index in [0.29, 0.717) is 16.9 Å². The molecule has 24 heavy (non-hydrogen) atoms. The van der Waals surface area contributed by atoms with Crippen molar-refractivity contribution in [2.24, 2.45) is 0 Å². The van der Waals surface area contributed by atoms with Crippen molar-refractivity contribution in [1.29, 1.82) is 0 Å². The average molecular weight is 330 g/mol. The molecule has 3 N–H and O–H groups in total. The summed E-state index contributed by atoms with van der Waals surface area (Å²) in [5.41, 5.74) is 1.19. The van der Waals surface area contributed by atoms with Crippen LogP contribution in [0.25, 0.3) is 6.08 Å². The number of aromatic hydroxyl groups is 2. The third kappa shape index (κ3) is 4.76. The number of aliphatic hydroxyl groups is 1. The van der Waals surface area contributed by atoms with Crippen LogP contribution >= 0.6 is 0 Å². The summed E-state index contributed by atoms with van der Waals surface area (Å²) in [4.78, 5) is 11.7. The molecule has 0 radical (unpaired) electrons. The molecule has 6 nitrogen and oxygen atoms in total. The van der Waals surface area contributed by atoms with Gasteiger partial charge in [0.2, 0.25) is 0 Å². The van der Waals surface area contributed by atoms with Gasteiger partial charge in [0, 0.05) is 6.08 Å². The Morgan fingerprint density at radius 3 is 2.54 bits per heavy atom. The molecule has 0 aromatic heterocycles. The van der Waals surface area contributed by atoms with Crippen LogP contribution in [0.2, 0.25) is 0 Å². The molecule has 0 aliphatic heterocycles. The Balaban J connectivity index is 1.89. The number of esters is 1. The minimum Gasteiger partial charge on any atom is -0.508 e. The molecule has 126 valence electrons. The number of carbonyl (C=O) groups excluding carboxylic acids is 1. The summed E-state index contributed by atoms with van der Waals surface area (Å²) < 4.78 is 9.95. The van der Waals surface area contributed by atoms with Gasteiger partial charge in [-0.25, -0.2) is 4.79 Å². The van der Waals surface area contributed by atoms with Crippen molar-refractivity contribution in [1.82, 2.24) is 0 Å². The predicted molar refractivity (Wildman–Crippen MR) is 87.7 cm³/mol. The van der Waals surface area contributed by atoms with Gasteiger partial charge in [-0.05, 0) is 41.5 Å². The lowest BCUT2D eigenvalue weighted by molar-refractivity contribution is -0.140. The van der Waals surface area contributed by atoms with E-state index in [1.807, 2.05) is 0 Å². The van der Waals surface area contributed by atoms with E-state index in [1.54, 1.807) is 24.3 Å². The lowest BCUT2D eigenvalue weighted by Crippen LogP contribution is -2.10. The number of hydrogen-bond acceptors (Lipinski definition) is 6. The maximum absolute atomic E-state index is 11.7. The van der Waals surface area contributed by atoms with Crippen molar-refractivity contribution >= 4 is 12.0 Å². The fourth-order valence-corrected chi connectivity index (χ4v) is 1.96. The zero-order valence-electron chi connectivity index (χ0n) is 13.0. The first-order valence-electron chi connectivity index (χ1n) is 7.18. The van der Waals surface area contributed by atoms with Crippen molar-refractivity contribution in [2.45, 2.75) is 6.10 Å². The molecule has 2 aromatic rings. The molecule has 2 rings (SSSR count). The molecule has 0 bridgehead atoms. The van der Waals surface area contributed by atoms with Crippen LogP contribution < -0.4 is 4.74 Å². The molecule has 0 aliphatic carbocycles. The summed E-state index contributed by atoms with van der Waals surface area (Å²) >= 11 is 0. The number of methoxy groups -OCH3 is 1. The Hall–Kier alpha value is -2.99. The van der Waals surface area contributed by atoms with Crippen molar-refractivity contribution < 1.29 is 29.6 Å². The third-order valence-electron chi connectivity index (χ3n) is 3.28. The lowest BCUT2D eigenvalue weighted by Gasteiger charge is -2.10. The number of phenolic OH excluding ortho intramolecular Hbond substituents is 2. The molecule has 0 saturated carbocycles. The second kappa shape index (κ2) is 8.03. The number of aliphatic hydroxyl groups excluding tert-OH is 1. The molecule has 0 fully saturated rings. The largest absolute Gasteiger partial charge is 0.508 e. The molecule has 0 heterocycles. The van der Waals surface area contributed by atoms with Gasteiger partial charge in [0.1, 0.15) is 18.5 Å². The van der Waals surface area contributed by atoms with Crippen LogP contribution in [0.1, 0.15) is 17.2 Å². The van der Waals surface area contributed by atoms with Gasteiger partial charge in [-0.2, -0.15) is 0 Å². The molecule has 6 heteroatoms. The summed E-state index contributed by atoms with van der Waals surface area (Å²) in [6.45, 7) is -0.202. The molecule has 2 aromatic carbocycles. The SMILES string of the molecule is COc1cc(C=CC(=O)OCC(O)c2ccc(O)cc2)ccc1O. The Kier molecular flexibility index (Phi) is 5.81. The predicted octanol–water partition coefficient (Wildman–Crippen LogP) is 2.40. The van der Waals surface area contributed by atoms with Gasteiger partial charge in [0.15, 0.2) is 11.5 Å². The van der Waals surface area contributed by atoms with Gasteiger partial charge in [-0.3, -0.25) is 0 Å². The maximum atomic E-state index is 11.7. The van der Waals surface area contributed by atoms with Crippen molar-refractivity contribution in [3.63, 3.8) is 0 Å². The van der Waals surface area contributed by atoms with E-state index in [9.17, 15) is 20.1 Å². The standard InChI is InChI=1S/C18H18O6/c1-23-17-10-12(2-8-15(17)20)3-9-18(22)24-11-16(21)13-4-6-14(19)7-5-13/h2-10,16,19-21H,11H2,1H3. The number of phenols is 2. The molecule has 0 aliphatic rings. The Morgan fingerprint density at radius 2 is 1.88 bits per heavy atom. The summed E-state index contributed by atoms with van der Waals surface area (Å²) in [6, 6.07) is 10.6. The number of ether oxygens (including phenoxy) is 2. The van der Waals surface area contributed by atoms with Crippen LogP contribution in [0, 0.1) is 0 Å². The first kappa shape index (κ1) is 17.4. The van der Waals surface area contributed by atoms with E-state index >= 15 is 0 Å². The number of rotatable bonds is 6. The van der Waals surface area contributed by atoms with E-state index in [1.165, 1.54) is 37.5 Å². The van der Waals surface area contributed by atoms with Crippen LogP contribution in [-0.4, -0.2) is 35.0 Å². The Bertz CT molecular complexity index is 721. The van der Waals surface area contributed by atoms with Gasteiger partial charge < -0.3 is 24.8 Å². The summed E-state index contributed by atoms with van der Waals surface area (Å²) in [5, 5.41) is 28.6. The fourth-order valence-electron chi connectivity index (χ4n) is 1.96. The second-order valence-corrected chi connectivity index (χ2v) is 5.00. The van der Waals surface area contributed by atoms with Crippen LogP contribution in [0.5, 0.6) is 17.2 Å². The molecule has 0 spiro atoms. The highest BCUT2D eigenvalue weighted by atomic mass is 16.5. The highest BCUT2D eigenvalue weighted by molar-refractivity contribution is 5.87. The summed E-state index contributed by atoms with van der Waals surface area (Å²) in [5.74, 6) is -0.211. The van der Waals surface area contributed by atoms with E-state index in [0.717, 1.165) is 0 Å². The van der Waals surface area contributed by atoms with E-state index < -0.39 is 12.1 Å². The zero-order chi connectivity index (χ0) is 17.5. The van der Waals surface area contributed by atoms with Crippen molar-refractivity contribution in [3.8, 4) is 17.2 Å². The average Bonchev–Trinajstić information content (AvgIpc) is 2.59. The van der Waals surface area contributed by atoms with E-state index in [4.69, 9.17) is 9.47 Å². The van der Waals surface area contributed by atoms with Crippen molar-refractivity contribution in [2.75, 3.05) is 13.7 Å². The lowest BCUT2D eigenvalue weighted by atomic mass is 10.1. The highest BCUT2D eigenvalue weighted by Crippen LogP contribution is 2.26. The van der Waals surface area contributed by atoms with Gasteiger partial charge in [0.25, 0.3) is 0 Å². The van der Waals surface area contributed by atoms with E-state index in [2.05, 4.69) is 0 Å². The quantitative estimate of drug-likeness (QED) is 0.556. The van der Waals surface area contributed by atoms with E-state index in [-0.39, 0.29) is 18.1 Å². The normalized spacial score (nSPS) is 12.1. The molecule has 0 amide bonds. The molecule has 1 atom stereocenters. The number of carbonyl (C=O) groups is 1. The maximum Gasteiger partial charge on any atom is 0.330 e. The summed E-state index contributed by atoms with van der Waals surface area (Å²) in [6.07, 6.45) is 1.75. The van der Waals surface area contributed by atoms with Crippen molar-refractivity contribution in [3.05, 3.63) is 59.7 Å². The minimum absolute atomic E-state index is 0.00856. The minimum atomic E-state index is -0.975. The molecular formula is C18H18O6. The first-order valence-corrected chi connectivity index (χ1v) is 7.18. The van der Waals surface area contributed by atoms with Crippen LogP contribution in [0.15, 0.2) is 48.5 Å².